The molecule has 0 aromatic heterocycles. The van der Waals surface area contributed by atoms with Gasteiger partial charge in [-0.2, -0.15) is 5.26 Å². The zero-order valence-corrected chi connectivity index (χ0v) is 28.6. The van der Waals surface area contributed by atoms with E-state index in [1.54, 1.807) is 12.2 Å². The zero-order chi connectivity index (χ0) is 33.2. The largest absolute Gasteiger partial charge is 0.482 e. The number of benzene rings is 2. The molecule has 0 radical (unpaired) electrons. The topological polar surface area (TPSA) is 119 Å². The van der Waals surface area contributed by atoms with Gasteiger partial charge in [-0.15, -0.1) is 0 Å². The number of nitrogens with two attached hydrogens (primary N) is 1. The molecule has 4 atom stereocenters. The highest BCUT2D eigenvalue weighted by Crippen LogP contribution is 2.62. The van der Waals surface area contributed by atoms with Crippen LogP contribution in [0.5, 0.6) is 11.5 Å². The Labute approximate surface area is 292 Å². The molecule has 2 aromatic carbocycles. The van der Waals surface area contributed by atoms with Crippen LogP contribution in [0.4, 0.5) is 0 Å². The number of nitrogens with zero attached hydrogens (tertiary/aromatic N) is 1. The maximum Gasteiger partial charge on any atom is 0.255 e. The maximum atomic E-state index is 12.4. The number of amides is 1. The molecule has 2 aromatic rings. The average Bonchev–Trinajstić information content (AvgIpc) is 3.50. The minimum absolute atomic E-state index is 0.00552. The second-order valence-corrected chi connectivity index (χ2v) is 15.2. The third-order valence-electron chi connectivity index (χ3n) is 11.0. The first kappa shape index (κ1) is 32.5. The molecule has 2 spiro atoms. The molecule has 244 valence electrons. The molecule has 2 fully saturated rings. The van der Waals surface area contributed by atoms with Crippen LogP contribution >= 0.6 is 46.4 Å². The summed E-state index contributed by atoms with van der Waals surface area (Å²) in [5, 5.41) is 10.1. The van der Waals surface area contributed by atoms with E-state index in [0.29, 0.717) is 26.6 Å². The lowest BCUT2D eigenvalue weighted by Gasteiger charge is -2.42. The SMILES string of the molecule is N#CCOc1cc2c(c(Cl)c1Cl)C1=CC(=O)C3CCCC1(C2)C3.NC(=O)COc1cc2c(c(Cl)c1Cl)C1=CC(=O)C3CCCC1(C2)C3. The van der Waals surface area contributed by atoms with Gasteiger partial charge < -0.3 is 15.2 Å². The lowest BCUT2D eigenvalue weighted by Crippen LogP contribution is -2.35. The van der Waals surface area contributed by atoms with E-state index in [1.807, 2.05) is 18.2 Å². The van der Waals surface area contributed by atoms with Crippen LogP contribution in [0.25, 0.3) is 11.1 Å². The fourth-order valence-corrected chi connectivity index (χ4v) is 10.1. The standard InChI is InChI=1S/C18H17Cl2NO3.C18H15Cl2NO2/c19-16-13(24-8-14(21)23)4-10-7-18-3-1-2-9(6-18)12(22)5-11(18)15(10)17(16)20;19-16-14(23-5-4-21)6-11-9-18-3-1-2-10(8-18)13(22)7-12(18)15(11)17(16)20/h4-5,9H,1-3,6-8H2,(H2,21,23);6-7,10H,1-3,5,8-9H2. The molecule has 6 aliphatic carbocycles. The number of carbonyl (C=O) groups excluding carboxylic acids is 3. The van der Waals surface area contributed by atoms with Gasteiger partial charge in [-0.05, 0) is 97.9 Å². The van der Waals surface area contributed by atoms with Crippen LogP contribution in [0.15, 0.2) is 24.3 Å². The smallest absolute Gasteiger partial charge is 0.255 e. The van der Waals surface area contributed by atoms with Gasteiger partial charge in [-0.25, -0.2) is 0 Å². The van der Waals surface area contributed by atoms with Gasteiger partial charge >= 0.3 is 0 Å². The van der Waals surface area contributed by atoms with Crippen molar-refractivity contribution in [1.29, 1.82) is 5.26 Å². The molecule has 1 amide bonds. The van der Waals surface area contributed by atoms with Crippen LogP contribution in [-0.4, -0.2) is 30.7 Å². The molecule has 2 saturated carbocycles. The number of ether oxygens (including phenoxy) is 2. The third kappa shape index (κ3) is 5.37. The molecule has 11 heteroatoms. The first-order valence-corrected chi connectivity index (χ1v) is 17.4. The van der Waals surface area contributed by atoms with Gasteiger partial charge in [0.15, 0.2) is 24.8 Å². The van der Waals surface area contributed by atoms with E-state index in [2.05, 4.69) is 0 Å². The van der Waals surface area contributed by atoms with Crippen LogP contribution in [-0.2, 0) is 27.2 Å². The number of hydrogen-bond donors (Lipinski definition) is 1. The molecule has 6 aliphatic rings. The second-order valence-electron chi connectivity index (χ2n) is 13.7. The van der Waals surface area contributed by atoms with Crippen molar-refractivity contribution in [3.8, 4) is 17.6 Å². The molecule has 8 rings (SSSR count). The fraction of sp³-hybridized carbons (Fsp3) is 0.444. The van der Waals surface area contributed by atoms with E-state index in [4.69, 9.17) is 66.9 Å². The Balaban J connectivity index is 0.000000150. The molecule has 0 saturated heterocycles. The van der Waals surface area contributed by atoms with E-state index in [9.17, 15) is 14.4 Å². The predicted molar refractivity (Wildman–Crippen MR) is 181 cm³/mol. The lowest BCUT2D eigenvalue weighted by atomic mass is 9.61. The van der Waals surface area contributed by atoms with E-state index < -0.39 is 5.91 Å². The number of allylic oxidation sites excluding steroid dienone is 4. The minimum Gasteiger partial charge on any atom is -0.482 e. The number of halogens is 4. The fourth-order valence-electron chi connectivity index (χ4n) is 9.08. The molecule has 2 N–H and O–H groups in total. The van der Waals surface area contributed by atoms with Crippen LogP contribution in [0.3, 0.4) is 0 Å². The van der Waals surface area contributed by atoms with Crippen LogP contribution < -0.4 is 15.2 Å². The number of hydrogen-bond acceptors (Lipinski definition) is 6. The maximum absolute atomic E-state index is 12.4. The summed E-state index contributed by atoms with van der Waals surface area (Å²) in [6, 6.07) is 5.67. The van der Waals surface area contributed by atoms with Crippen molar-refractivity contribution < 1.29 is 23.9 Å². The first-order valence-electron chi connectivity index (χ1n) is 15.9. The summed E-state index contributed by atoms with van der Waals surface area (Å²) in [7, 11) is 0. The molecule has 4 bridgehead atoms. The Kier molecular flexibility index (Phi) is 8.40. The average molecular weight is 714 g/mol. The highest BCUT2D eigenvalue weighted by Gasteiger charge is 2.51. The van der Waals surface area contributed by atoms with Crippen molar-refractivity contribution >= 4 is 75.0 Å². The molecular formula is C36H32Cl4N2O5. The van der Waals surface area contributed by atoms with Gasteiger partial charge in [-0.3, -0.25) is 14.4 Å². The van der Waals surface area contributed by atoms with Gasteiger partial charge in [-0.1, -0.05) is 59.2 Å². The zero-order valence-electron chi connectivity index (χ0n) is 25.5. The van der Waals surface area contributed by atoms with Crippen LogP contribution in [0.1, 0.15) is 73.6 Å². The van der Waals surface area contributed by atoms with Crippen molar-refractivity contribution in [3.63, 3.8) is 0 Å². The molecular weight excluding hydrogens is 682 g/mol. The van der Waals surface area contributed by atoms with Gasteiger partial charge in [0.1, 0.15) is 27.6 Å². The molecule has 0 aliphatic heterocycles. The van der Waals surface area contributed by atoms with Crippen molar-refractivity contribution in [2.45, 2.75) is 64.2 Å². The number of rotatable bonds is 5. The summed E-state index contributed by atoms with van der Waals surface area (Å²) in [5.74, 6) is 0.967. The minimum atomic E-state index is -0.571. The highest BCUT2D eigenvalue weighted by atomic mass is 35.5. The Morgan fingerprint density at radius 1 is 0.809 bits per heavy atom. The summed E-state index contributed by atoms with van der Waals surface area (Å²) in [6.07, 6.45) is 13.3. The second kappa shape index (κ2) is 12.1. The number of fused-ring (bicyclic) bond motifs is 6. The Morgan fingerprint density at radius 2 is 1.28 bits per heavy atom. The van der Waals surface area contributed by atoms with Gasteiger partial charge in [0, 0.05) is 33.8 Å². The number of carbonyl (C=O) groups is 3. The van der Waals surface area contributed by atoms with Crippen LogP contribution in [0.2, 0.25) is 20.1 Å². The van der Waals surface area contributed by atoms with Gasteiger partial charge in [0.05, 0.1) is 10.0 Å². The number of primary amides is 1. The molecule has 7 nitrogen and oxygen atoms in total. The predicted octanol–water partition coefficient (Wildman–Crippen LogP) is 8.15. The Morgan fingerprint density at radius 3 is 1.72 bits per heavy atom. The van der Waals surface area contributed by atoms with Crippen molar-refractivity contribution in [1.82, 2.24) is 0 Å². The van der Waals surface area contributed by atoms with Crippen molar-refractivity contribution in [2.24, 2.45) is 28.4 Å². The van der Waals surface area contributed by atoms with Crippen LogP contribution in [0, 0.1) is 34.0 Å². The third-order valence-corrected chi connectivity index (χ3v) is 12.7. The van der Waals surface area contributed by atoms with Crippen molar-refractivity contribution in [3.05, 3.63) is 66.6 Å². The van der Waals surface area contributed by atoms with E-state index >= 15 is 0 Å². The van der Waals surface area contributed by atoms with E-state index in [0.717, 1.165) is 97.6 Å². The Bertz CT molecular complexity index is 1860. The molecule has 4 unspecified atom stereocenters. The Hall–Kier alpha value is -3.02. The van der Waals surface area contributed by atoms with Gasteiger partial charge in [0.25, 0.3) is 5.91 Å². The summed E-state index contributed by atoms with van der Waals surface area (Å²) >= 11 is 25.7. The monoisotopic (exact) mass is 712 g/mol. The molecule has 0 heterocycles. The highest BCUT2D eigenvalue weighted by molar-refractivity contribution is 6.45. The quantitative estimate of drug-likeness (QED) is 0.334. The first-order chi connectivity index (χ1) is 22.5. The van der Waals surface area contributed by atoms with Gasteiger partial charge in [0.2, 0.25) is 0 Å². The number of ketones is 2. The summed E-state index contributed by atoms with van der Waals surface area (Å²) in [4.78, 5) is 35.7. The van der Waals surface area contributed by atoms with E-state index in [1.165, 1.54) is 0 Å². The summed E-state index contributed by atoms with van der Waals surface area (Å²) < 4.78 is 10.8. The summed E-state index contributed by atoms with van der Waals surface area (Å²) in [6.45, 7) is -0.313. The summed E-state index contributed by atoms with van der Waals surface area (Å²) in [5.41, 5.74) is 11.1. The van der Waals surface area contributed by atoms with E-state index in [-0.39, 0.29) is 52.5 Å². The normalized spacial score (nSPS) is 27.6. The number of nitriles is 1. The van der Waals surface area contributed by atoms with Crippen molar-refractivity contribution in [2.75, 3.05) is 13.2 Å². The lowest BCUT2D eigenvalue weighted by molar-refractivity contribution is -0.121. The molecule has 47 heavy (non-hydrogen) atoms.